The molecule has 0 saturated carbocycles. The molecule has 1 fully saturated rings. The Labute approximate surface area is 179 Å². The van der Waals surface area contributed by atoms with Crippen molar-refractivity contribution in [1.29, 1.82) is 0 Å². The van der Waals surface area contributed by atoms with Gasteiger partial charge in [-0.05, 0) is 53.8 Å². The molecule has 0 aliphatic carbocycles. The average Bonchev–Trinajstić information content (AvgIpc) is 3.43. The number of thiophene rings is 1. The molecule has 0 bridgehead atoms. The van der Waals surface area contributed by atoms with Crippen LogP contribution in [0, 0.1) is 0 Å². The van der Waals surface area contributed by atoms with Gasteiger partial charge in [0.2, 0.25) is 11.9 Å². The van der Waals surface area contributed by atoms with Gasteiger partial charge in [0.1, 0.15) is 0 Å². The largest absolute Gasteiger partial charge is 0.341 e. The predicted octanol–water partition coefficient (Wildman–Crippen LogP) is 4.07. The zero-order valence-electron chi connectivity index (χ0n) is 16.5. The van der Waals surface area contributed by atoms with Gasteiger partial charge in [-0.1, -0.05) is 30.0 Å². The van der Waals surface area contributed by atoms with Crippen LogP contribution in [0.1, 0.15) is 24.8 Å². The van der Waals surface area contributed by atoms with E-state index in [2.05, 4.69) is 43.2 Å². The van der Waals surface area contributed by atoms with Crippen molar-refractivity contribution >= 4 is 35.0 Å². The topological polar surface area (TPSA) is 54.3 Å². The monoisotopic (exact) mass is 427 g/mol. The molecule has 1 aliphatic heterocycles. The van der Waals surface area contributed by atoms with Crippen molar-refractivity contribution < 1.29 is 4.79 Å². The van der Waals surface area contributed by atoms with Crippen molar-refractivity contribution in [3.8, 4) is 5.69 Å². The lowest BCUT2D eigenvalue weighted by Crippen LogP contribution is -2.31. The van der Waals surface area contributed by atoms with Crippen molar-refractivity contribution in [3.05, 3.63) is 52.7 Å². The van der Waals surface area contributed by atoms with Gasteiger partial charge in [0, 0.05) is 26.7 Å². The average molecular weight is 428 g/mol. The summed E-state index contributed by atoms with van der Waals surface area (Å²) in [6.07, 6.45) is 3.62. The quantitative estimate of drug-likeness (QED) is 0.532. The number of hydrogen-bond acceptors (Lipinski definition) is 6. The lowest BCUT2D eigenvalue weighted by Gasteiger charge is -2.27. The zero-order valence-corrected chi connectivity index (χ0v) is 18.2. The van der Waals surface area contributed by atoms with Gasteiger partial charge in [0.05, 0.1) is 11.4 Å². The molecule has 3 heterocycles. The number of aromatic nitrogens is 3. The number of rotatable bonds is 7. The van der Waals surface area contributed by atoms with E-state index in [-0.39, 0.29) is 5.91 Å². The first kappa shape index (κ1) is 20.0. The smallest absolute Gasteiger partial charge is 0.233 e. The van der Waals surface area contributed by atoms with E-state index in [1.54, 1.807) is 16.2 Å². The van der Waals surface area contributed by atoms with E-state index in [9.17, 15) is 4.79 Å². The molecule has 29 heavy (non-hydrogen) atoms. The highest BCUT2D eigenvalue weighted by atomic mass is 32.2. The molecular weight excluding hydrogens is 402 g/mol. The lowest BCUT2D eigenvalue weighted by atomic mass is 10.1. The fraction of sp³-hybridized carbons (Fsp3) is 0.381. The molecular formula is C21H25N5OS2. The minimum atomic E-state index is 0.0864. The van der Waals surface area contributed by atoms with Gasteiger partial charge in [-0.3, -0.25) is 9.36 Å². The molecule has 0 unspecified atom stereocenters. The summed E-state index contributed by atoms with van der Waals surface area (Å²) in [5, 5.41) is 13.8. The van der Waals surface area contributed by atoms with Crippen LogP contribution in [0.5, 0.6) is 0 Å². The van der Waals surface area contributed by atoms with Gasteiger partial charge in [-0.2, -0.15) is 11.3 Å². The van der Waals surface area contributed by atoms with Crippen molar-refractivity contribution in [2.75, 3.05) is 30.8 Å². The standard InChI is InChI=1S/C21H25N5OS2/c1-24(14-17-10-13-28-15-17)19(27)16-29-21-23-22-20(25-11-6-3-7-12-25)26(21)18-8-4-2-5-9-18/h2,4-5,8-10,13,15H,3,6-7,11-12,14,16H2,1H3. The summed E-state index contributed by atoms with van der Waals surface area (Å²) < 4.78 is 2.09. The van der Waals surface area contributed by atoms with E-state index >= 15 is 0 Å². The van der Waals surface area contributed by atoms with Gasteiger partial charge >= 0.3 is 0 Å². The van der Waals surface area contributed by atoms with Crippen LogP contribution in [-0.2, 0) is 11.3 Å². The second-order valence-electron chi connectivity index (χ2n) is 7.17. The molecule has 152 valence electrons. The van der Waals surface area contributed by atoms with E-state index in [1.165, 1.54) is 31.0 Å². The minimum Gasteiger partial charge on any atom is -0.341 e. The Kier molecular flexibility index (Phi) is 6.51. The van der Waals surface area contributed by atoms with Crippen LogP contribution in [-0.4, -0.2) is 51.5 Å². The molecule has 8 heteroatoms. The van der Waals surface area contributed by atoms with Gasteiger partial charge in [0.15, 0.2) is 5.16 Å². The summed E-state index contributed by atoms with van der Waals surface area (Å²) in [6.45, 7) is 2.63. The molecule has 2 aromatic heterocycles. The third-order valence-electron chi connectivity index (χ3n) is 5.02. The first-order valence-electron chi connectivity index (χ1n) is 9.86. The van der Waals surface area contributed by atoms with Crippen LogP contribution in [0.3, 0.4) is 0 Å². The number of amides is 1. The van der Waals surface area contributed by atoms with Crippen molar-refractivity contribution in [2.24, 2.45) is 0 Å². The molecule has 1 aliphatic rings. The van der Waals surface area contributed by atoms with E-state index in [0.717, 1.165) is 35.4 Å². The van der Waals surface area contributed by atoms with Crippen molar-refractivity contribution in [1.82, 2.24) is 19.7 Å². The Morgan fingerprint density at radius 1 is 1.14 bits per heavy atom. The number of anilines is 1. The molecule has 1 amide bonds. The maximum absolute atomic E-state index is 12.6. The summed E-state index contributed by atoms with van der Waals surface area (Å²) in [6, 6.07) is 12.2. The van der Waals surface area contributed by atoms with Crippen LogP contribution in [0.2, 0.25) is 0 Å². The summed E-state index contributed by atoms with van der Waals surface area (Å²) in [7, 11) is 1.85. The third kappa shape index (κ3) is 4.82. The van der Waals surface area contributed by atoms with Gasteiger partial charge in [-0.25, -0.2) is 0 Å². The molecule has 0 atom stereocenters. The highest BCUT2D eigenvalue weighted by Gasteiger charge is 2.22. The van der Waals surface area contributed by atoms with Crippen LogP contribution >= 0.6 is 23.1 Å². The van der Waals surface area contributed by atoms with Crippen LogP contribution in [0.15, 0.2) is 52.3 Å². The van der Waals surface area contributed by atoms with Gasteiger partial charge in [0.25, 0.3) is 0 Å². The predicted molar refractivity (Wildman–Crippen MR) is 119 cm³/mol. The number of piperidine rings is 1. The van der Waals surface area contributed by atoms with Crippen LogP contribution < -0.4 is 4.90 Å². The molecule has 0 spiro atoms. The zero-order chi connectivity index (χ0) is 20.1. The molecule has 1 saturated heterocycles. The minimum absolute atomic E-state index is 0.0864. The summed E-state index contributed by atoms with van der Waals surface area (Å²) in [5.74, 6) is 1.30. The number of carbonyl (C=O) groups excluding carboxylic acids is 1. The van der Waals surface area contributed by atoms with Crippen molar-refractivity contribution in [3.63, 3.8) is 0 Å². The Morgan fingerprint density at radius 3 is 2.66 bits per heavy atom. The summed E-state index contributed by atoms with van der Waals surface area (Å²) in [4.78, 5) is 16.7. The second-order valence-corrected chi connectivity index (χ2v) is 8.89. The Hall–Kier alpha value is -2.32. The molecule has 1 aromatic carbocycles. The fourth-order valence-electron chi connectivity index (χ4n) is 3.44. The van der Waals surface area contributed by atoms with Gasteiger partial charge in [-0.15, -0.1) is 10.2 Å². The normalized spacial score (nSPS) is 14.2. The number of para-hydroxylation sites is 1. The number of benzene rings is 1. The van der Waals surface area contributed by atoms with Crippen LogP contribution in [0.4, 0.5) is 5.95 Å². The summed E-state index contributed by atoms with van der Waals surface area (Å²) >= 11 is 3.10. The fourth-order valence-corrected chi connectivity index (χ4v) is 4.99. The Bertz CT molecular complexity index is 920. The summed E-state index contributed by atoms with van der Waals surface area (Å²) in [5.41, 5.74) is 2.19. The molecule has 3 aromatic rings. The Balaban J connectivity index is 1.50. The highest BCUT2D eigenvalue weighted by molar-refractivity contribution is 7.99. The number of hydrogen-bond donors (Lipinski definition) is 0. The molecule has 0 N–H and O–H groups in total. The number of thioether (sulfide) groups is 1. The maximum Gasteiger partial charge on any atom is 0.233 e. The SMILES string of the molecule is CN(Cc1ccsc1)C(=O)CSc1nnc(N2CCCCC2)n1-c1ccccc1. The number of carbonyl (C=O) groups is 1. The van der Waals surface area contributed by atoms with Crippen LogP contribution in [0.25, 0.3) is 5.69 Å². The van der Waals surface area contributed by atoms with E-state index in [4.69, 9.17) is 0 Å². The Morgan fingerprint density at radius 2 is 1.93 bits per heavy atom. The molecule has 6 nitrogen and oxygen atoms in total. The van der Waals surface area contributed by atoms with Crippen molar-refractivity contribution in [2.45, 2.75) is 31.0 Å². The molecule has 4 rings (SSSR count). The first-order valence-corrected chi connectivity index (χ1v) is 11.8. The highest BCUT2D eigenvalue weighted by Crippen LogP contribution is 2.28. The third-order valence-corrected chi connectivity index (χ3v) is 6.67. The van der Waals surface area contributed by atoms with E-state index in [0.29, 0.717) is 12.3 Å². The second kappa shape index (κ2) is 9.45. The maximum atomic E-state index is 12.6. The number of nitrogens with zero attached hydrogens (tertiary/aromatic N) is 5. The van der Waals surface area contributed by atoms with E-state index < -0.39 is 0 Å². The first-order chi connectivity index (χ1) is 14.2. The van der Waals surface area contributed by atoms with E-state index in [1.807, 2.05) is 30.6 Å². The lowest BCUT2D eigenvalue weighted by molar-refractivity contribution is -0.127. The van der Waals surface area contributed by atoms with Gasteiger partial charge < -0.3 is 9.80 Å². The molecule has 0 radical (unpaired) electrons.